The smallest absolute Gasteiger partial charge is 0.0467 e. The van der Waals surface area contributed by atoms with Gasteiger partial charge in [-0.2, -0.15) is 0 Å². The van der Waals surface area contributed by atoms with Crippen molar-refractivity contribution in [1.29, 1.82) is 0 Å². The van der Waals surface area contributed by atoms with Crippen LogP contribution in [0.2, 0.25) is 0 Å². The Kier molecular flexibility index (Phi) is 4.32. The molecule has 0 aromatic heterocycles. The van der Waals surface area contributed by atoms with Crippen LogP contribution in [-0.2, 0) is 13.0 Å². The molecule has 1 heterocycles. The van der Waals surface area contributed by atoms with E-state index in [-0.39, 0.29) is 0 Å². The van der Waals surface area contributed by atoms with Gasteiger partial charge in [0.2, 0.25) is 0 Å². The van der Waals surface area contributed by atoms with E-state index in [0.717, 1.165) is 24.0 Å². The van der Waals surface area contributed by atoms with Gasteiger partial charge in [0.25, 0.3) is 0 Å². The molecule has 3 heteroatoms. The quantitative estimate of drug-likeness (QED) is 0.868. The standard InChI is InChI=1S/C18H21BrN2/c1-13(2)20-12-15-7-8-16(19)11-18(15)21-10-9-14-5-3-4-6-17(14)21/h3-8,11,13,20H,9-10,12H2,1-2H3. The molecule has 2 nitrogen and oxygen atoms in total. The number of para-hydroxylation sites is 1. The molecule has 0 bridgehead atoms. The Bertz CT molecular complexity index is 637. The molecule has 0 saturated heterocycles. The normalized spacial score (nSPS) is 13.8. The Labute approximate surface area is 135 Å². The lowest BCUT2D eigenvalue weighted by molar-refractivity contribution is 0.588. The lowest BCUT2D eigenvalue weighted by Gasteiger charge is -2.24. The first kappa shape index (κ1) is 14.6. The predicted octanol–water partition coefficient (Wildman–Crippen LogP) is 4.64. The van der Waals surface area contributed by atoms with Crippen LogP contribution in [0.5, 0.6) is 0 Å². The highest BCUT2D eigenvalue weighted by atomic mass is 79.9. The number of hydrogen-bond acceptors (Lipinski definition) is 2. The number of benzene rings is 2. The van der Waals surface area contributed by atoms with E-state index >= 15 is 0 Å². The summed E-state index contributed by atoms with van der Waals surface area (Å²) in [5.74, 6) is 0. The fourth-order valence-corrected chi connectivity index (χ4v) is 3.19. The molecule has 0 saturated carbocycles. The zero-order valence-electron chi connectivity index (χ0n) is 12.6. The molecule has 2 aromatic carbocycles. The van der Waals surface area contributed by atoms with Crippen molar-refractivity contribution in [2.75, 3.05) is 11.4 Å². The van der Waals surface area contributed by atoms with Gasteiger partial charge < -0.3 is 10.2 Å². The summed E-state index contributed by atoms with van der Waals surface area (Å²) in [4.78, 5) is 2.44. The predicted molar refractivity (Wildman–Crippen MR) is 93.3 cm³/mol. The van der Waals surface area contributed by atoms with Crippen LogP contribution in [0.4, 0.5) is 11.4 Å². The van der Waals surface area contributed by atoms with Gasteiger partial charge in [0.15, 0.2) is 0 Å². The van der Waals surface area contributed by atoms with Crippen molar-refractivity contribution >= 4 is 27.3 Å². The molecule has 3 rings (SSSR count). The lowest BCUT2D eigenvalue weighted by Crippen LogP contribution is -2.24. The van der Waals surface area contributed by atoms with E-state index in [9.17, 15) is 0 Å². The molecular weight excluding hydrogens is 324 g/mol. The van der Waals surface area contributed by atoms with Crippen molar-refractivity contribution < 1.29 is 0 Å². The average molecular weight is 345 g/mol. The summed E-state index contributed by atoms with van der Waals surface area (Å²) in [6.07, 6.45) is 1.12. The second-order valence-corrected chi connectivity index (χ2v) is 6.75. The van der Waals surface area contributed by atoms with Crippen LogP contribution in [0.25, 0.3) is 0 Å². The van der Waals surface area contributed by atoms with Gasteiger partial charge >= 0.3 is 0 Å². The second kappa shape index (κ2) is 6.20. The van der Waals surface area contributed by atoms with Gasteiger partial charge in [-0.3, -0.25) is 0 Å². The molecule has 0 unspecified atom stereocenters. The molecule has 0 aliphatic carbocycles. The first-order valence-corrected chi connectivity index (χ1v) is 8.31. The van der Waals surface area contributed by atoms with Crippen LogP contribution in [0.1, 0.15) is 25.0 Å². The van der Waals surface area contributed by atoms with Crippen LogP contribution in [0.3, 0.4) is 0 Å². The number of halogens is 1. The van der Waals surface area contributed by atoms with Crippen molar-refractivity contribution in [3.63, 3.8) is 0 Å². The first-order valence-electron chi connectivity index (χ1n) is 7.52. The van der Waals surface area contributed by atoms with E-state index in [1.165, 1.54) is 22.5 Å². The molecule has 21 heavy (non-hydrogen) atoms. The number of hydrogen-bond donors (Lipinski definition) is 1. The van der Waals surface area contributed by atoms with Gasteiger partial charge in [-0.05, 0) is 35.7 Å². The van der Waals surface area contributed by atoms with Crippen molar-refractivity contribution in [1.82, 2.24) is 5.32 Å². The number of nitrogens with zero attached hydrogens (tertiary/aromatic N) is 1. The minimum atomic E-state index is 0.493. The minimum absolute atomic E-state index is 0.493. The zero-order valence-corrected chi connectivity index (χ0v) is 14.2. The maximum absolute atomic E-state index is 3.62. The summed E-state index contributed by atoms with van der Waals surface area (Å²) < 4.78 is 1.13. The van der Waals surface area contributed by atoms with Crippen molar-refractivity contribution in [3.8, 4) is 0 Å². The summed E-state index contributed by atoms with van der Waals surface area (Å²) in [5, 5.41) is 3.53. The van der Waals surface area contributed by atoms with E-state index in [0.29, 0.717) is 6.04 Å². The molecule has 0 spiro atoms. The van der Waals surface area contributed by atoms with Crippen LogP contribution in [0.15, 0.2) is 46.9 Å². The van der Waals surface area contributed by atoms with Crippen molar-refractivity contribution in [2.24, 2.45) is 0 Å². The monoisotopic (exact) mass is 344 g/mol. The van der Waals surface area contributed by atoms with Crippen molar-refractivity contribution in [3.05, 3.63) is 58.1 Å². The van der Waals surface area contributed by atoms with Gasteiger partial charge in [0.05, 0.1) is 0 Å². The summed E-state index contributed by atoms with van der Waals surface area (Å²) >= 11 is 3.62. The average Bonchev–Trinajstić information content (AvgIpc) is 2.89. The minimum Gasteiger partial charge on any atom is -0.341 e. The van der Waals surface area contributed by atoms with Gasteiger partial charge in [0.1, 0.15) is 0 Å². The third kappa shape index (κ3) is 3.14. The number of fused-ring (bicyclic) bond motifs is 1. The number of anilines is 2. The highest BCUT2D eigenvalue weighted by molar-refractivity contribution is 9.10. The Morgan fingerprint density at radius 2 is 1.95 bits per heavy atom. The maximum Gasteiger partial charge on any atom is 0.0467 e. The molecule has 1 aliphatic heterocycles. The summed E-state index contributed by atoms with van der Waals surface area (Å²) in [5.41, 5.74) is 5.45. The highest BCUT2D eigenvalue weighted by Crippen LogP contribution is 2.37. The van der Waals surface area contributed by atoms with E-state index < -0.39 is 0 Å². The Hall–Kier alpha value is -1.32. The molecular formula is C18H21BrN2. The van der Waals surface area contributed by atoms with Gasteiger partial charge in [0, 0.05) is 35.0 Å². The molecule has 0 radical (unpaired) electrons. The van der Waals surface area contributed by atoms with Gasteiger partial charge in [-0.1, -0.05) is 54.0 Å². The van der Waals surface area contributed by atoms with Crippen LogP contribution < -0.4 is 10.2 Å². The molecule has 1 aliphatic rings. The summed E-state index contributed by atoms with van der Waals surface area (Å²) in [6, 6.07) is 15.8. The fourth-order valence-electron chi connectivity index (χ4n) is 2.84. The van der Waals surface area contributed by atoms with Crippen LogP contribution >= 0.6 is 15.9 Å². The van der Waals surface area contributed by atoms with E-state index in [2.05, 4.69) is 82.5 Å². The molecule has 0 amide bonds. The Morgan fingerprint density at radius 3 is 2.76 bits per heavy atom. The molecule has 110 valence electrons. The molecule has 1 N–H and O–H groups in total. The third-order valence-electron chi connectivity index (χ3n) is 3.93. The fraction of sp³-hybridized carbons (Fsp3) is 0.333. The van der Waals surface area contributed by atoms with Crippen molar-refractivity contribution in [2.45, 2.75) is 32.9 Å². The Balaban J connectivity index is 1.96. The number of nitrogens with one attached hydrogen (secondary N) is 1. The van der Waals surface area contributed by atoms with E-state index in [1.54, 1.807) is 0 Å². The van der Waals surface area contributed by atoms with Crippen LogP contribution in [-0.4, -0.2) is 12.6 Å². The van der Waals surface area contributed by atoms with Gasteiger partial charge in [-0.25, -0.2) is 0 Å². The summed E-state index contributed by atoms with van der Waals surface area (Å²) in [7, 11) is 0. The topological polar surface area (TPSA) is 15.3 Å². The molecule has 0 fully saturated rings. The SMILES string of the molecule is CC(C)NCc1ccc(Br)cc1N1CCc2ccccc21. The second-order valence-electron chi connectivity index (χ2n) is 5.84. The van der Waals surface area contributed by atoms with Gasteiger partial charge in [-0.15, -0.1) is 0 Å². The third-order valence-corrected chi connectivity index (χ3v) is 4.42. The first-order chi connectivity index (χ1) is 10.1. The maximum atomic E-state index is 3.62. The molecule has 0 atom stereocenters. The lowest BCUT2D eigenvalue weighted by atomic mass is 10.1. The molecule has 2 aromatic rings. The zero-order chi connectivity index (χ0) is 14.8. The Morgan fingerprint density at radius 1 is 1.14 bits per heavy atom. The van der Waals surface area contributed by atoms with E-state index in [4.69, 9.17) is 0 Å². The number of rotatable bonds is 4. The highest BCUT2D eigenvalue weighted by Gasteiger charge is 2.22. The largest absolute Gasteiger partial charge is 0.341 e. The summed E-state index contributed by atoms with van der Waals surface area (Å²) in [6.45, 7) is 6.33. The van der Waals surface area contributed by atoms with Crippen LogP contribution in [0, 0.1) is 0 Å². The van der Waals surface area contributed by atoms with E-state index in [1.807, 2.05) is 0 Å².